The van der Waals surface area contributed by atoms with Crippen LogP contribution in [0, 0.1) is 11.3 Å². The van der Waals surface area contributed by atoms with E-state index >= 15 is 0 Å². The SMILES string of the molecule is CC(CNC(=O)C(C)(C)CF)CN(C)C(=O)Cc1cc(C2CC2)on1. The molecule has 1 heterocycles. The number of halogens is 1. The van der Waals surface area contributed by atoms with E-state index in [2.05, 4.69) is 10.5 Å². The standard InChI is InChI=1S/C18H28FN3O3/c1-12(9-20-17(24)18(2,3)11-19)10-22(4)16(23)8-14-7-15(25-21-14)13-5-6-13/h7,12-13H,5-6,8-11H2,1-4H3,(H,20,24). The molecule has 2 amide bonds. The lowest BCUT2D eigenvalue weighted by Gasteiger charge is -2.24. The summed E-state index contributed by atoms with van der Waals surface area (Å²) in [6, 6.07) is 1.87. The van der Waals surface area contributed by atoms with E-state index in [0.29, 0.717) is 24.7 Å². The molecule has 2 rings (SSSR count). The Morgan fingerprint density at radius 1 is 1.48 bits per heavy atom. The minimum Gasteiger partial charge on any atom is -0.361 e. The van der Waals surface area contributed by atoms with Crippen LogP contribution in [0.3, 0.4) is 0 Å². The first kappa shape index (κ1) is 19.4. The number of hydrogen-bond acceptors (Lipinski definition) is 4. The van der Waals surface area contributed by atoms with Crippen molar-refractivity contribution in [2.75, 3.05) is 26.8 Å². The summed E-state index contributed by atoms with van der Waals surface area (Å²) in [7, 11) is 1.73. The summed E-state index contributed by atoms with van der Waals surface area (Å²) in [4.78, 5) is 25.8. The van der Waals surface area contributed by atoms with Crippen LogP contribution in [0.5, 0.6) is 0 Å². The first-order valence-electron chi connectivity index (χ1n) is 8.76. The highest BCUT2D eigenvalue weighted by Gasteiger charge is 2.29. The first-order chi connectivity index (χ1) is 11.7. The molecule has 6 nitrogen and oxygen atoms in total. The Hall–Kier alpha value is -1.92. The van der Waals surface area contributed by atoms with E-state index in [1.165, 1.54) is 0 Å². The van der Waals surface area contributed by atoms with Crippen LogP contribution < -0.4 is 5.32 Å². The van der Waals surface area contributed by atoms with Gasteiger partial charge in [-0.2, -0.15) is 0 Å². The summed E-state index contributed by atoms with van der Waals surface area (Å²) in [5.74, 6) is 1.06. The van der Waals surface area contributed by atoms with Gasteiger partial charge in [-0.3, -0.25) is 9.59 Å². The number of nitrogens with one attached hydrogen (secondary N) is 1. The van der Waals surface area contributed by atoms with Crippen LogP contribution >= 0.6 is 0 Å². The molecule has 0 bridgehead atoms. The molecule has 1 atom stereocenters. The third-order valence-corrected chi connectivity index (χ3v) is 4.46. The average molecular weight is 353 g/mol. The van der Waals surface area contributed by atoms with Gasteiger partial charge in [-0.05, 0) is 32.6 Å². The van der Waals surface area contributed by atoms with Crippen molar-refractivity contribution >= 4 is 11.8 Å². The van der Waals surface area contributed by atoms with E-state index in [4.69, 9.17) is 4.52 Å². The van der Waals surface area contributed by atoms with Gasteiger partial charge in [0.05, 0.1) is 17.5 Å². The maximum absolute atomic E-state index is 12.8. The number of rotatable bonds is 9. The first-order valence-corrected chi connectivity index (χ1v) is 8.76. The van der Waals surface area contributed by atoms with Gasteiger partial charge in [0.2, 0.25) is 11.8 Å². The number of alkyl halides is 1. The van der Waals surface area contributed by atoms with Gasteiger partial charge in [0, 0.05) is 32.1 Å². The van der Waals surface area contributed by atoms with Crippen molar-refractivity contribution in [3.63, 3.8) is 0 Å². The normalized spacial score (nSPS) is 15.7. The summed E-state index contributed by atoms with van der Waals surface area (Å²) < 4.78 is 18.1. The van der Waals surface area contributed by atoms with Crippen LogP contribution in [-0.2, 0) is 16.0 Å². The Morgan fingerprint density at radius 3 is 2.76 bits per heavy atom. The molecular formula is C18H28FN3O3. The zero-order valence-electron chi connectivity index (χ0n) is 15.5. The predicted octanol–water partition coefficient (Wildman–Crippen LogP) is 2.30. The quantitative estimate of drug-likeness (QED) is 0.739. The van der Waals surface area contributed by atoms with Crippen molar-refractivity contribution < 1.29 is 18.5 Å². The third kappa shape index (κ3) is 5.54. The molecule has 0 aliphatic heterocycles. The van der Waals surface area contributed by atoms with Crippen molar-refractivity contribution in [3.8, 4) is 0 Å². The van der Waals surface area contributed by atoms with Crippen molar-refractivity contribution in [1.82, 2.24) is 15.4 Å². The minimum atomic E-state index is -1.02. The lowest BCUT2D eigenvalue weighted by molar-refractivity contribution is -0.130. The van der Waals surface area contributed by atoms with Gasteiger partial charge in [0.25, 0.3) is 0 Å². The van der Waals surface area contributed by atoms with Crippen LogP contribution in [0.2, 0.25) is 0 Å². The van der Waals surface area contributed by atoms with Crippen molar-refractivity contribution in [2.45, 2.75) is 46.0 Å². The number of likely N-dealkylation sites (N-methyl/N-ethyl adjacent to an activating group) is 1. The topological polar surface area (TPSA) is 75.4 Å². The molecule has 1 aromatic rings. The van der Waals surface area contributed by atoms with Crippen LogP contribution in [0.25, 0.3) is 0 Å². The number of amides is 2. The lowest BCUT2D eigenvalue weighted by Crippen LogP contribution is -2.42. The number of hydrogen-bond donors (Lipinski definition) is 1. The van der Waals surface area contributed by atoms with Crippen molar-refractivity contribution in [2.24, 2.45) is 11.3 Å². The van der Waals surface area contributed by atoms with Crippen LogP contribution in [0.15, 0.2) is 10.6 Å². The molecule has 25 heavy (non-hydrogen) atoms. The van der Waals surface area contributed by atoms with E-state index in [1.54, 1.807) is 25.8 Å². The molecule has 0 saturated heterocycles. The van der Waals surface area contributed by atoms with Crippen LogP contribution in [0.1, 0.15) is 51.0 Å². The Morgan fingerprint density at radius 2 is 2.16 bits per heavy atom. The second kappa shape index (κ2) is 7.97. The zero-order valence-corrected chi connectivity index (χ0v) is 15.5. The summed E-state index contributed by atoms with van der Waals surface area (Å²) in [6.45, 7) is 5.27. The fourth-order valence-electron chi connectivity index (χ4n) is 2.46. The molecule has 1 fully saturated rings. The molecule has 1 aromatic heterocycles. The molecule has 1 aliphatic rings. The highest BCUT2D eigenvalue weighted by molar-refractivity contribution is 5.82. The lowest BCUT2D eigenvalue weighted by atomic mass is 9.94. The molecule has 1 saturated carbocycles. The van der Waals surface area contributed by atoms with Crippen LogP contribution in [0.4, 0.5) is 4.39 Å². The molecule has 140 valence electrons. The maximum Gasteiger partial charge on any atom is 0.228 e. The summed E-state index contributed by atoms with van der Waals surface area (Å²) in [5, 5.41) is 6.71. The number of carbonyl (C=O) groups excluding carboxylic acids is 2. The number of aromatic nitrogens is 1. The van der Waals surface area contributed by atoms with Crippen LogP contribution in [-0.4, -0.2) is 48.7 Å². The molecule has 1 N–H and O–H groups in total. The Bertz CT molecular complexity index is 610. The Balaban J connectivity index is 1.74. The smallest absolute Gasteiger partial charge is 0.228 e. The van der Waals surface area contributed by atoms with E-state index < -0.39 is 12.1 Å². The largest absolute Gasteiger partial charge is 0.361 e. The number of carbonyl (C=O) groups is 2. The molecule has 0 spiro atoms. The van der Waals surface area contributed by atoms with E-state index in [-0.39, 0.29) is 24.2 Å². The van der Waals surface area contributed by atoms with Crippen molar-refractivity contribution in [3.05, 3.63) is 17.5 Å². The Kier molecular flexibility index (Phi) is 6.19. The molecule has 0 radical (unpaired) electrons. The molecule has 1 aliphatic carbocycles. The second-order valence-corrected chi connectivity index (χ2v) is 7.78. The summed E-state index contributed by atoms with van der Waals surface area (Å²) in [5.41, 5.74) is -0.363. The summed E-state index contributed by atoms with van der Waals surface area (Å²) in [6.07, 6.45) is 2.47. The monoisotopic (exact) mass is 353 g/mol. The zero-order chi connectivity index (χ0) is 18.6. The van der Waals surface area contributed by atoms with Gasteiger partial charge >= 0.3 is 0 Å². The maximum atomic E-state index is 12.8. The van der Waals surface area contributed by atoms with E-state index in [9.17, 15) is 14.0 Å². The summed E-state index contributed by atoms with van der Waals surface area (Å²) >= 11 is 0. The molecule has 0 aromatic carbocycles. The molecule has 7 heteroatoms. The van der Waals surface area contributed by atoms with Gasteiger partial charge in [0.1, 0.15) is 12.4 Å². The fraction of sp³-hybridized carbons (Fsp3) is 0.722. The van der Waals surface area contributed by atoms with Gasteiger partial charge in [0.15, 0.2) is 0 Å². The minimum absolute atomic E-state index is 0.0436. The highest BCUT2D eigenvalue weighted by Crippen LogP contribution is 2.40. The highest BCUT2D eigenvalue weighted by atomic mass is 19.1. The van der Waals surface area contributed by atoms with Gasteiger partial charge in [-0.15, -0.1) is 0 Å². The molecular weight excluding hydrogens is 325 g/mol. The average Bonchev–Trinajstić information content (AvgIpc) is 3.32. The van der Waals surface area contributed by atoms with Gasteiger partial charge in [-0.25, -0.2) is 4.39 Å². The van der Waals surface area contributed by atoms with E-state index in [1.807, 2.05) is 13.0 Å². The third-order valence-electron chi connectivity index (χ3n) is 4.46. The van der Waals surface area contributed by atoms with Gasteiger partial charge < -0.3 is 14.7 Å². The van der Waals surface area contributed by atoms with E-state index in [0.717, 1.165) is 18.6 Å². The van der Waals surface area contributed by atoms with Crippen molar-refractivity contribution in [1.29, 1.82) is 0 Å². The number of nitrogens with zero attached hydrogens (tertiary/aromatic N) is 2. The Labute approximate surface area is 148 Å². The fourth-order valence-corrected chi connectivity index (χ4v) is 2.46. The molecule has 1 unspecified atom stereocenters. The predicted molar refractivity (Wildman–Crippen MR) is 91.7 cm³/mol. The second-order valence-electron chi connectivity index (χ2n) is 7.78. The van der Waals surface area contributed by atoms with Gasteiger partial charge in [-0.1, -0.05) is 12.1 Å².